The van der Waals surface area contributed by atoms with Crippen LogP contribution in [0.15, 0.2) is 0 Å². The van der Waals surface area contributed by atoms with Crippen molar-refractivity contribution in [2.75, 3.05) is 6.61 Å². The molecular formula is C8H17ClO. The van der Waals surface area contributed by atoms with Crippen molar-refractivity contribution >= 4 is 12.4 Å². The van der Waals surface area contributed by atoms with Crippen molar-refractivity contribution in [3.05, 3.63) is 0 Å². The number of aliphatic hydroxyl groups excluding tert-OH is 1. The van der Waals surface area contributed by atoms with Gasteiger partial charge in [-0.05, 0) is 18.3 Å². The highest BCUT2D eigenvalue weighted by molar-refractivity contribution is 5.85. The van der Waals surface area contributed by atoms with Crippen LogP contribution in [0.1, 0.15) is 32.6 Å². The van der Waals surface area contributed by atoms with Crippen LogP contribution in [0.3, 0.4) is 0 Å². The van der Waals surface area contributed by atoms with E-state index in [1.54, 1.807) is 0 Å². The SMILES string of the molecule is C[C@@H]1CCCC[C@H]1CO.Cl. The number of hydrogen-bond acceptors (Lipinski definition) is 1. The minimum absolute atomic E-state index is 0. The molecule has 10 heavy (non-hydrogen) atoms. The highest BCUT2D eigenvalue weighted by Gasteiger charge is 2.19. The Hall–Kier alpha value is 0.250. The van der Waals surface area contributed by atoms with Crippen LogP contribution in [0.25, 0.3) is 0 Å². The minimum Gasteiger partial charge on any atom is -0.396 e. The standard InChI is InChI=1S/C8H16O.ClH/c1-7-4-2-3-5-8(7)6-9;/h7-9H,2-6H2,1H3;1H/t7-,8+;/m1./s1. The van der Waals surface area contributed by atoms with Gasteiger partial charge in [-0.25, -0.2) is 0 Å². The van der Waals surface area contributed by atoms with Crippen molar-refractivity contribution in [2.24, 2.45) is 11.8 Å². The summed E-state index contributed by atoms with van der Waals surface area (Å²) in [5.41, 5.74) is 0. The van der Waals surface area contributed by atoms with Gasteiger partial charge in [0.05, 0.1) is 0 Å². The summed E-state index contributed by atoms with van der Waals surface area (Å²) in [7, 11) is 0. The molecule has 0 radical (unpaired) electrons. The molecule has 0 unspecified atom stereocenters. The lowest BCUT2D eigenvalue weighted by atomic mass is 9.81. The van der Waals surface area contributed by atoms with E-state index < -0.39 is 0 Å². The Morgan fingerprint density at radius 1 is 1.30 bits per heavy atom. The first-order valence-corrected chi connectivity index (χ1v) is 3.95. The smallest absolute Gasteiger partial charge is 0.0461 e. The molecule has 0 saturated heterocycles. The molecule has 1 aliphatic rings. The molecule has 0 amide bonds. The fourth-order valence-corrected chi connectivity index (χ4v) is 1.66. The first-order chi connectivity index (χ1) is 4.34. The summed E-state index contributed by atoms with van der Waals surface area (Å²) >= 11 is 0. The molecule has 0 spiro atoms. The van der Waals surface area contributed by atoms with E-state index in [-0.39, 0.29) is 12.4 Å². The van der Waals surface area contributed by atoms with Crippen LogP contribution in [0.4, 0.5) is 0 Å². The van der Waals surface area contributed by atoms with Crippen LogP contribution in [0.5, 0.6) is 0 Å². The van der Waals surface area contributed by atoms with E-state index in [0.717, 1.165) is 5.92 Å². The monoisotopic (exact) mass is 164 g/mol. The number of rotatable bonds is 1. The minimum atomic E-state index is 0. The van der Waals surface area contributed by atoms with Gasteiger partial charge in [0.25, 0.3) is 0 Å². The van der Waals surface area contributed by atoms with Crippen molar-refractivity contribution in [3.63, 3.8) is 0 Å². The third-order valence-corrected chi connectivity index (χ3v) is 2.52. The van der Waals surface area contributed by atoms with Crippen LogP contribution in [-0.2, 0) is 0 Å². The lowest BCUT2D eigenvalue weighted by Gasteiger charge is -2.26. The van der Waals surface area contributed by atoms with Crippen molar-refractivity contribution in [1.29, 1.82) is 0 Å². The number of aliphatic hydroxyl groups is 1. The van der Waals surface area contributed by atoms with Crippen LogP contribution < -0.4 is 0 Å². The second kappa shape index (κ2) is 4.97. The zero-order valence-corrected chi connectivity index (χ0v) is 7.36. The molecule has 1 aliphatic carbocycles. The van der Waals surface area contributed by atoms with E-state index in [1.165, 1.54) is 25.7 Å². The number of hydrogen-bond donors (Lipinski definition) is 1. The highest BCUT2D eigenvalue weighted by Crippen LogP contribution is 2.28. The predicted octanol–water partition coefficient (Wildman–Crippen LogP) is 2.23. The summed E-state index contributed by atoms with van der Waals surface area (Å²) in [6, 6.07) is 0. The summed E-state index contributed by atoms with van der Waals surface area (Å²) in [5.74, 6) is 1.38. The molecule has 1 saturated carbocycles. The van der Waals surface area contributed by atoms with Gasteiger partial charge in [-0.1, -0.05) is 26.2 Å². The third-order valence-electron chi connectivity index (χ3n) is 2.52. The molecule has 0 aromatic carbocycles. The molecule has 0 heterocycles. The average Bonchev–Trinajstić information content (AvgIpc) is 1.89. The van der Waals surface area contributed by atoms with Crippen LogP contribution in [0.2, 0.25) is 0 Å². The molecule has 0 aromatic rings. The van der Waals surface area contributed by atoms with Gasteiger partial charge < -0.3 is 5.11 Å². The normalized spacial score (nSPS) is 33.0. The second-order valence-electron chi connectivity index (χ2n) is 3.20. The molecule has 1 fully saturated rings. The largest absolute Gasteiger partial charge is 0.396 e. The summed E-state index contributed by atoms with van der Waals surface area (Å²) in [5, 5.41) is 8.86. The van der Waals surface area contributed by atoms with Crippen LogP contribution in [-0.4, -0.2) is 11.7 Å². The average molecular weight is 165 g/mol. The maximum atomic E-state index is 8.86. The lowest BCUT2D eigenvalue weighted by Crippen LogP contribution is -2.19. The van der Waals surface area contributed by atoms with Crippen LogP contribution in [0, 0.1) is 11.8 Å². The van der Waals surface area contributed by atoms with Gasteiger partial charge in [0, 0.05) is 6.61 Å². The molecule has 62 valence electrons. The first kappa shape index (κ1) is 10.2. The molecule has 1 nitrogen and oxygen atoms in total. The first-order valence-electron chi connectivity index (χ1n) is 3.95. The lowest BCUT2D eigenvalue weighted by molar-refractivity contribution is 0.144. The maximum absolute atomic E-state index is 8.86. The molecule has 2 heteroatoms. The fourth-order valence-electron chi connectivity index (χ4n) is 1.66. The Labute approximate surface area is 69.2 Å². The van der Waals surface area contributed by atoms with E-state index in [0.29, 0.717) is 12.5 Å². The zero-order valence-electron chi connectivity index (χ0n) is 6.55. The van der Waals surface area contributed by atoms with Crippen molar-refractivity contribution in [1.82, 2.24) is 0 Å². The Morgan fingerprint density at radius 3 is 2.30 bits per heavy atom. The Kier molecular flexibility index (Phi) is 5.10. The zero-order chi connectivity index (χ0) is 6.69. The molecule has 0 bridgehead atoms. The summed E-state index contributed by atoms with van der Waals surface area (Å²) < 4.78 is 0. The number of halogens is 1. The van der Waals surface area contributed by atoms with Gasteiger partial charge in [0.2, 0.25) is 0 Å². The summed E-state index contributed by atoms with van der Waals surface area (Å²) in [4.78, 5) is 0. The topological polar surface area (TPSA) is 20.2 Å². The summed E-state index contributed by atoms with van der Waals surface area (Å²) in [6.07, 6.45) is 5.27. The van der Waals surface area contributed by atoms with E-state index in [9.17, 15) is 0 Å². The fraction of sp³-hybridized carbons (Fsp3) is 1.00. The quantitative estimate of drug-likeness (QED) is 0.630. The van der Waals surface area contributed by atoms with Crippen molar-refractivity contribution in [3.8, 4) is 0 Å². The second-order valence-corrected chi connectivity index (χ2v) is 3.20. The van der Waals surface area contributed by atoms with E-state index in [1.807, 2.05) is 0 Å². The van der Waals surface area contributed by atoms with Gasteiger partial charge in [-0.3, -0.25) is 0 Å². The van der Waals surface area contributed by atoms with Gasteiger partial charge in [-0.2, -0.15) is 0 Å². The van der Waals surface area contributed by atoms with Gasteiger partial charge in [0.1, 0.15) is 0 Å². The Morgan fingerprint density at radius 2 is 1.90 bits per heavy atom. The van der Waals surface area contributed by atoms with E-state index in [2.05, 4.69) is 6.92 Å². The van der Waals surface area contributed by atoms with Gasteiger partial charge >= 0.3 is 0 Å². The van der Waals surface area contributed by atoms with Crippen molar-refractivity contribution < 1.29 is 5.11 Å². The van der Waals surface area contributed by atoms with Crippen molar-refractivity contribution in [2.45, 2.75) is 32.6 Å². The Balaban J connectivity index is 0.000000810. The summed E-state index contributed by atoms with van der Waals surface area (Å²) in [6.45, 7) is 2.65. The molecule has 0 aromatic heterocycles. The third kappa shape index (κ3) is 2.47. The van der Waals surface area contributed by atoms with Gasteiger partial charge in [0.15, 0.2) is 0 Å². The molecular weight excluding hydrogens is 148 g/mol. The maximum Gasteiger partial charge on any atom is 0.0461 e. The Bertz CT molecular complexity index is 85.3. The molecule has 1 N–H and O–H groups in total. The van der Waals surface area contributed by atoms with E-state index in [4.69, 9.17) is 5.11 Å². The molecule has 2 atom stereocenters. The van der Waals surface area contributed by atoms with Crippen LogP contribution >= 0.6 is 12.4 Å². The molecule has 1 rings (SSSR count). The predicted molar refractivity (Wildman–Crippen MR) is 45.5 cm³/mol. The highest BCUT2D eigenvalue weighted by atomic mass is 35.5. The van der Waals surface area contributed by atoms with Gasteiger partial charge in [-0.15, -0.1) is 12.4 Å². The van der Waals surface area contributed by atoms with E-state index >= 15 is 0 Å². The molecule has 0 aliphatic heterocycles.